The molecule has 0 radical (unpaired) electrons. The molecule has 3 saturated heterocycles. The summed E-state index contributed by atoms with van der Waals surface area (Å²) < 4.78 is 73.3. The lowest BCUT2D eigenvalue weighted by atomic mass is 9.95. The molecule has 0 amide bonds. The van der Waals surface area contributed by atoms with Crippen molar-refractivity contribution in [3.63, 3.8) is 0 Å². The van der Waals surface area contributed by atoms with E-state index in [1.807, 2.05) is 0 Å². The smallest absolute Gasteiger partial charge is 0.303 e. The fraction of sp³-hybridized carbons (Fsp3) is 0.765. The predicted molar refractivity (Wildman–Crippen MR) is 175 cm³/mol. The molecule has 3 aliphatic rings. The van der Waals surface area contributed by atoms with Gasteiger partial charge in [0.1, 0.15) is 18.8 Å². The van der Waals surface area contributed by atoms with Crippen LogP contribution in [0.3, 0.4) is 0 Å². The Morgan fingerprint density at radius 1 is 0.411 bits per heavy atom. The van der Waals surface area contributed by atoms with Gasteiger partial charge in [0.05, 0.1) is 12.2 Å². The van der Waals surface area contributed by atoms with Crippen molar-refractivity contribution < 1.29 is 105 Å². The number of carbonyl (C=O) groups excluding carboxylic acids is 8. The first kappa shape index (κ1) is 45.9. The molecule has 0 aromatic carbocycles. The second kappa shape index (κ2) is 20.1. The molecule has 0 aromatic heterocycles. The van der Waals surface area contributed by atoms with Crippen molar-refractivity contribution >= 4 is 47.8 Å². The zero-order valence-corrected chi connectivity index (χ0v) is 32.4. The van der Waals surface area contributed by atoms with Gasteiger partial charge in [-0.2, -0.15) is 0 Å². The first-order chi connectivity index (χ1) is 26.1. The molecule has 3 fully saturated rings. The molecule has 3 rings (SSSR count). The number of ether oxygens (including phenoxy) is 13. The van der Waals surface area contributed by atoms with Gasteiger partial charge >= 0.3 is 47.8 Å². The number of hydrogen-bond donors (Lipinski definition) is 1. The zero-order valence-electron chi connectivity index (χ0n) is 32.4. The highest BCUT2D eigenvalue weighted by molar-refractivity contribution is 5.69. The second-order valence-corrected chi connectivity index (χ2v) is 13.0. The number of esters is 8. The summed E-state index contributed by atoms with van der Waals surface area (Å²) in [5, 5.41) is 11.4. The van der Waals surface area contributed by atoms with Gasteiger partial charge in [-0.1, -0.05) is 0 Å². The van der Waals surface area contributed by atoms with Crippen LogP contribution < -0.4 is 0 Å². The second-order valence-electron chi connectivity index (χ2n) is 13.0. The third-order valence-corrected chi connectivity index (χ3v) is 8.21. The van der Waals surface area contributed by atoms with E-state index >= 15 is 0 Å². The molecule has 0 aliphatic carbocycles. The lowest BCUT2D eigenvalue weighted by Crippen LogP contribution is -2.68. The number of hydrogen-bond acceptors (Lipinski definition) is 22. The van der Waals surface area contributed by atoms with Gasteiger partial charge in [0.25, 0.3) is 0 Å². The van der Waals surface area contributed by atoms with E-state index in [4.69, 9.17) is 61.6 Å². The predicted octanol–water partition coefficient (Wildman–Crippen LogP) is -0.951. The zero-order chi connectivity index (χ0) is 42.2. The number of carbonyl (C=O) groups is 8. The molecule has 22 heteroatoms. The Hall–Kier alpha value is -4.48. The largest absolute Gasteiger partial charge is 0.463 e. The SMILES string of the molecule is CC(=O)OC[C@H]1O[C@H](O)[C@H](O[C@H]2O[C@@H](C)[C@@H](OC(C)=O)[C@@H](OC(C)=O)[C@@H]2OC(C)=O)[C@@H](OC(C)=O)[C@@H]1O[C@H]1O[C@@H](C)[C@@H](OC(C)=O)[C@@H](OC(C)=O)[C@@H]1OC(C)=O. The van der Waals surface area contributed by atoms with Crippen LogP contribution in [0.25, 0.3) is 0 Å². The van der Waals surface area contributed by atoms with E-state index in [0.717, 1.165) is 55.4 Å². The summed E-state index contributed by atoms with van der Waals surface area (Å²) in [5.74, 6) is -6.93. The molecule has 22 nitrogen and oxygen atoms in total. The van der Waals surface area contributed by atoms with Crippen molar-refractivity contribution in [1.29, 1.82) is 0 Å². The standard InChI is InChI=1S/C34H48O22/c1-12-23(47-15(4)36)26(49-17(6)38)30(52-20(9)41)33(45-12)55-25-22(11-44-14(3)35)54-32(43)29(28(25)51-19(8)40)56-34-31(53-21(10)42)27(50-18(7)39)24(13(2)46-34)48-16(5)37/h12-13,22-34,43H,11H2,1-10H3/t12-,13-,22+,23+,24+,25+,26+,27+,28-,29+,30-,31-,32-,33+,34+/m0/s1. The van der Waals surface area contributed by atoms with Crippen LogP contribution in [0.2, 0.25) is 0 Å². The van der Waals surface area contributed by atoms with E-state index in [9.17, 15) is 43.5 Å². The topological polar surface area (TPSA) is 277 Å². The highest BCUT2D eigenvalue weighted by Gasteiger charge is 2.58. The lowest BCUT2D eigenvalue weighted by Gasteiger charge is -2.49. The minimum Gasteiger partial charge on any atom is -0.463 e. The Kier molecular flexibility index (Phi) is 16.5. The van der Waals surface area contributed by atoms with Crippen molar-refractivity contribution in [3.05, 3.63) is 0 Å². The minimum atomic E-state index is -2.06. The Labute approximate surface area is 320 Å². The molecule has 1 N–H and O–H groups in total. The van der Waals surface area contributed by atoms with E-state index < -0.39 is 146 Å². The van der Waals surface area contributed by atoms with E-state index in [2.05, 4.69) is 0 Å². The summed E-state index contributed by atoms with van der Waals surface area (Å²) in [6.07, 6.45) is -23.7. The maximum Gasteiger partial charge on any atom is 0.303 e. The van der Waals surface area contributed by atoms with Crippen molar-refractivity contribution in [2.45, 2.75) is 161 Å². The molecule has 0 aromatic rings. The van der Waals surface area contributed by atoms with Gasteiger partial charge < -0.3 is 66.7 Å². The van der Waals surface area contributed by atoms with Crippen LogP contribution in [0.15, 0.2) is 0 Å². The van der Waals surface area contributed by atoms with Crippen LogP contribution in [-0.2, 0) is 99.9 Å². The highest BCUT2D eigenvalue weighted by Crippen LogP contribution is 2.37. The van der Waals surface area contributed by atoms with Gasteiger partial charge in [0.2, 0.25) is 0 Å². The molecular weight excluding hydrogens is 760 g/mol. The first-order valence-electron chi connectivity index (χ1n) is 17.4. The summed E-state index contributed by atoms with van der Waals surface area (Å²) >= 11 is 0. The molecule has 0 unspecified atom stereocenters. The minimum absolute atomic E-state index is 0.642. The molecule has 0 spiro atoms. The van der Waals surface area contributed by atoms with Gasteiger partial charge in [-0.3, -0.25) is 38.4 Å². The Balaban J connectivity index is 2.14. The fourth-order valence-corrected chi connectivity index (χ4v) is 6.33. The van der Waals surface area contributed by atoms with E-state index in [1.165, 1.54) is 13.8 Å². The number of rotatable bonds is 13. The molecular formula is C34H48O22. The van der Waals surface area contributed by atoms with E-state index in [1.54, 1.807) is 0 Å². The van der Waals surface area contributed by atoms with Crippen LogP contribution in [0, 0.1) is 0 Å². The molecule has 3 heterocycles. The van der Waals surface area contributed by atoms with Gasteiger partial charge in [0.15, 0.2) is 67.7 Å². The summed E-state index contributed by atoms with van der Waals surface area (Å²) in [7, 11) is 0. The lowest BCUT2D eigenvalue weighted by molar-refractivity contribution is -0.380. The monoisotopic (exact) mass is 808 g/mol. The maximum atomic E-state index is 12.7. The van der Waals surface area contributed by atoms with E-state index in [0.29, 0.717) is 0 Å². The van der Waals surface area contributed by atoms with E-state index in [-0.39, 0.29) is 0 Å². The van der Waals surface area contributed by atoms with Crippen LogP contribution in [0.4, 0.5) is 0 Å². The summed E-state index contributed by atoms with van der Waals surface area (Å²) in [5.41, 5.74) is 0. The molecule has 0 bridgehead atoms. The highest BCUT2D eigenvalue weighted by atomic mass is 16.8. The number of aliphatic hydroxyl groups is 1. The van der Waals surface area contributed by atoms with Crippen LogP contribution in [-0.4, -0.2) is 152 Å². The third-order valence-electron chi connectivity index (χ3n) is 8.21. The first-order valence-corrected chi connectivity index (χ1v) is 17.4. The van der Waals surface area contributed by atoms with Crippen LogP contribution in [0.1, 0.15) is 69.2 Å². The maximum absolute atomic E-state index is 12.7. The summed E-state index contributed by atoms with van der Waals surface area (Å²) in [6.45, 7) is 10.6. The van der Waals surface area contributed by atoms with Gasteiger partial charge in [0, 0.05) is 55.4 Å². The quantitative estimate of drug-likeness (QED) is 0.173. The molecule has 3 aliphatic heterocycles. The molecule has 316 valence electrons. The molecule has 56 heavy (non-hydrogen) atoms. The molecule has 15 atom stereocenters. The summed E-state index contributed by atoms with van der Waals surface area (Å²) in [6, 6.07) is 0. The van der Waals surface area contributed by atoms with Gasteiger partial charge in [-0.15, -0.1) is 0 Å². The van der Waals surface area contributed by atoms with Crippen molar-refractivity contribution in [1.82, 2.24) is 0 Å². The van der Waals surface area contributed by atoms with Gasteiger partial charge in [-0.05, 0) is 13.8 Å². The molecule has 0 saturated carbocycles. The Morgan fingerprint density at radius 2 is 0.714 bits per heavy atom. The third kappa shape index (κ3) is 12.5. The Bertz CT molecular complexity index is 1460. The summed E-state index contributed by atoms with van der Waals surface area (Å²) in [4.78, 5) is 97.7. The van der Waals surface area contributed by atoms with Crippen molar-refractivity contribution in [3.8, 4) is 0 Å². The van der Waals surface area contributed by atoms with Crippen LogP contribution in [0.5, 0.6) is 0 Å². The number of aliphatic hydroxyl groups excluding tert-OH is 1. The van der Waals surface area contributed by atoms with Crippen molar-refractivity contribution in [2.24, 2.45) is 0 Å². The Morgan fingerprint density at radius 3 is 1.05 bits per heavy atom. The average molecular weight is 809 g/mol. The average Bonchev–Trinajstić information content (AvgIpc) is 3.04. The van der Waals surface area contributed by atoms with Crippen molar-refractivity contribution in [2.75, 3.05) is 6.61 Å². The fourth-order valence-electron chi connectivity index (χ4n) is 6.33. The van der Waals surface area contributed by atoms with Gasteiger partial charge in [-0.25, -0.2) is 0 Å². The van der Waals surface area contributed by atoms with Crippen LogP contribution >= 0.6 is 0 Å². The normalized spacial score (nSPS) is 35.4.